The Bertz CT molecular complexity index is 876. The Morgan fingerprint density at radius 3 is 2.41 bits per heavy atom. The molecule has 0 radical (unpaired) electrons. The van der Waals surface area contributed by atoms with Gasteiger partial charge in [-0.05, 0) is 36.4 Å². The Morgan fingerprint density at radius 2 is 1.76 bits per heavy atom. The highest BCUT2D eigenvalue weighted by Gasteiger charge is 2.23. The third kappa shape index (κ3) is 5.26. The summed E-state index contributed by atoms with van der Waals surface area (Å²) in [6.07, 6.45) is 0. The van der Waals surface area contributed by atoms with Gasteiger partial charge in [-0.15, -0.1) is 0 Å². The molecule has 0 aromatic heterocycles. The smallest absolute Gasteiger partial charge is 0.254 e. The SMILES string of the molecule is COc1ccc(OC)c(CN2CCN(C(=O)c3cccc(NC(C)=O)c3)CC2)c1. The summed E-state index contributed by atoms with van der Waals surface area (Å²) in [4.78, 5) is 28.2. The summed E-state index contributed by atoms with van der Waals surface area (Å²) >= 11 is 0. The highest BCUT2D eigenvalue weighted by Crippen LogP contribution is 2.26. The van der Waals surface area contributed by atoms with Gasteiger partial charge in [0.1, 0.15) is 11.5 Å². The molecule has 2 amide bonds. The average Bonchev–Trinajstić information content (AvgIpc) is 2.73. The first-order valence-corrected chi connectivity index (χ1v) is 9.60. The first-order valence-electron chi connectivity index (χ1n) is 9.60. The number of methoxy groups -OCH3 is 2. The van der Waals surface area contributed by atoms with E-state index in [-0.39, 0.29) is 11.8 Å². The van der Waals surface area contributed by atoms with Gasteiger partial charge in [-0.2, -0.15) is 0 Å². The molecule has 0 aliphatic carbocycles. The fourth-order valence-corrected chi connectivity index (χ4v) is 3.47. The Balaban J connectivity index is 1.61. The zero-order valence-corrected chi connectivity index (χ0v) is 17.1. The number of amides is 2. The minimum atomic E-state index is -0.156. The van der Waals surface area contributed by atoms with Crippen LogP contribution in [0.3, 0.4) is 0 Å². The van der Waals surface area contributed by atoms with Crippen molar-refractivity contribution in [2.24, 2.45) is 0 Å². The highest BCUT2D eigenvalue weighted by molar-refractivity contribution is 5.96. The molecule has 0 saturated carbocycles. The number of hydrogen-bond donors (Lipinski definition) is 1. The summed E-state index contributed by atoms with van der Waals surface area (Å²) in [5.41, 5.74) is 2.28. The lowest BCUT2D eigenvalue weighted by Crippen LogP contribution is -2.48. The van der Waals surface area contributed by atoms with Crippen LogP contribution < -0.4 is 14.8 Å². The lowest BCUT2D eigenvalue weighted by atomic mass is 10.1. The number of anilines is 1. The maximum atomic E-state index is 12.8. The minimum absolute atomic E-state index is 0.0178. The molecule has 0 bridgehead atoms. The lowest BCUT2D eigenvalue weighted by Gasteiger charge is -2.35. The number of ether oxygens (including phenoxy) is 2. The quantitative estimate of drug-likeness (QED) is 0.811. The second-order valence-corrected chi connectivity index (χ2v) is 7.01. The molecule has 2 aromatic carbocycles. The van der Waals surface area contributed by atoms with Crippen molar-refractivity contribution < 1.29 is 19.1 Å². The maximum absolute atomic E-state index is 12.8. The largest absolute Gasteiger partial charge is 0.497 e. The molecule has 0 spiro atoms. The Hall–Kier alpha value is -3.06. The van der Waals surface area contributed by atoms with Gasteiger partial charge in [0.25, 0.3) is 5.91 Å². The van der Waals surface area contributed by atoms with Crippen molar-refractivity contribution in [2.75, 3.05) is 45.7 Å². The molecule has 7 heteroatoms. The molecule has 1 heterocycles. The van der Waals surface area contributed by atoms with Crippen LogP contribution in [0.4, 0.5) is 5.69 Å². The molecule has 1 aliphatic rings. The van der Waals surface area contributed by atoms with Crippen LogP contribution in [0.25, 0.3) is 0 Å². The molecule has 7 nitrogen and oxygen atoms in total. The average molecular weight is 397 g/mol. The van der Waals surface area contributed by atoms with Crippen molar-refractivity contribution >= 4 is 17.5 Å². The van der Waals surface area contributed by atoms with Crippen LogP contribution in [0.5, 0.6) is 11.5 Å². The van der Waals surface area contributed by atoms with E-state index in [0.717, 1.165) is 36.7 Å². The van der Waals surface area contributed by atoms with E-state index in [9.17, 15) is 9.59 Å². The molecule has 0 atom stereocenters. The molecule has 1 N–H and O–H groups in total. The van der Waals surface area contributed by atoms with Crippen LogP contribution in [0.15, 0.2) is 42.5 Å². The Labute approximate surface area is 171 Å². The van der Waals surface area contributed by atoms with Crippen LogP contribution in [-0.4, -0.2) is 62.0 Å². The number of carbonyl (C=O) groups excluding carboxylic acids is 2. The second-order valence-electron chi connectivity index (χ2n) is 7.01. The van der Waals surface area contributed by atoms with Gasteiger partial charge in [-0.1, -0.05) is 6.07 Å². The van der Waals surface area contributed by atoms with Crippen LogP contribution in [0, 0.1) is 0 Å². The van der Waals surface area contributed by atoms with Gasteiger partial charge >= 0.3 is 0 Å². The van der Waals surface area contributed by atoms with Gasteiger partial charge in [-0.25, -0.2) is 0 Å². The van der Waals surface area contributed by atoms with Gasteiger partial charge in [0.2, 0.25) is 5.91 Å². The lowest BCUT2D eigenvalue weighted by molar-refractivity contribution is -0.114. The zero-order chi connectivity index (χ0) is 20.8. The molecule has 2 aromatic rings. The van der Waals surface area contributed by atoms with Crippen LogP contribution >= 0.6 is 0 Å². The van der Waals surface area contributed by atoms with Crippen molar-refractivity contribution in [3.8, 4) is 11.5 Å². The molecule has 3 rings (SSSR count). The molecule has 0 unspecified atom stereocenters. The number of piperazine rings is 1. The molecule has 1 aliphatic heterocycles. The molecule has 29 heavy (non-hydrogen) atoms. The molecular weight excluding hydrogens is 370 g/mol. The summed E-state index contributed by atoms with van der Waals surface area (Å²) in [6, 6.07) is 12.8. The fourth-order valence-electron chi connectivity index (χ4n) is 3.47. The minimum Gasteiger partial charge on any atom is -0.497 e. The summed E-state index contributed by atoms with van der Waals surface area (Å²) in [5, 5.41) is 2.72. The highest BCUT2D eigenvalue weighted by atomic mass is 16.5. The van der Waals surface area contributed by atoms with E-state index < -0.39 is 0 Å². The number of hydrogen-bond acceptors (Lipinski definition) is 5. The van der Waals surface area contributed by atoms with E-state index in [4.69, 9.17) is 9.47 Å². The first-order chi connectivity index (χ1) is 14.0. The third-order valence-electron chi connectivity index (χ3n) is 4.97. The number of nitrogens with zero attached hydrogens (tertiary/aromatic N) is 2. The predicted molar refractivity (Wildman–Crippen MR) is 111 cm³/mol. The number of carbonyl (C=O) groups is 2. The van der Waals surface area contributed by atoms with Gasteiger partial charge in [0, 0.05) is 56.5 Å². The van der Waals surface area contributed by atoms with E-state index in [1.807, 2.05) is 23.1 Å². The molecule has 1 saturated heterocycles. The van der Waals surface area contributed by atoms with Crippen LogP contribution in [0.2, 0.25) is 0 Å². The summed E-state index contributed by atoms with van der Waals surface area (Å²) in [6.45, 7) is 5.03. The van der Waals surface area contributed by atoms with Crippen molar-refractivity contribution in [3.63, 3.8) is 0 Å². The van der Waals surface area contributed by atoms with E-state index in [1.165, 1.54) is 6.92 Å². The van der Waals surface area contributed by atoms with Crippen LogP contribution in [0.1, 0.15) is 22.8 Å². The number of benzene rings is 2. The Kier molecular flexibility index (Phi) is 6.72. The molecule has 1 fully saturated rings. The van der Waals surface area contributed by atoms with Crippen molar-refractivity contribution in [3.05, 3.63) is 53.6 Å². The van der Waals surface area contributed by atoms with Gasteiger partial charge in [-0.3, -0.25) is 14.5 Å². The van der Waals surface area contributed by atoms with E-state index in [1.54, 1.807) is 38.5 Å². The van der Waals surface area contributed by atoms with Crippen LogP contribution in [-0.2, 0) is 11.3 Å². The monoisotopic (exact) mass is 397 g/mol. The topological polar surface area (TPSA) is 71.1 Å². The van der Waals surface area contributed by atoms with Crippen molar-refractivity contribution in [2.45, 2.75) is 13.5 Å². The molecule has 154 valence electrons. The number of nitrogens with one attached hydrogen (secondary N) is 1. The number of rotatable bonds is 6. The first kappa shape index (κ1) is 20.7. The summed E-state index contributed by atoms with van der Waals surface area (Å²) < 4.78 is 10.8. The predicted octanol–water partition coefficient (Wildman–Crippen LogP) is 2.62. The fraction of sp³-hybridized carbons (Fsp3) is 0.364. The molecular formula is C22H27N3O4. The van der Waals surface area contributed by atoms with Gasteiger partial charge < -0.3 is 19.7 Å². The Morgan fingerprint density at radius 1 is 1.00 bits per heavy atom. The maximum Gasteiger partial charge on any atom is 0.254 e. The summed E-state index contributed by atoms with van der Waals surface area (Å²) in [7, 11) is 3.31. The van der Waals surface area contributed by atoms with Crippen molar-refractivity contribution in [1.82, 2.24) is 9.80 Å². The second kappa shape index (κ2) is 9.43. The van der Waals surface area contributed by atoms with Gasteiger partial charge in [0.15, 0.2) is 0 Å². The van der Waals surface area contributed by atoms with Gasteiger partial charge in [0.05, 0.1) is 14.2 Å². The third-order valence-corrected chi connectivity index (χ3v) is 4.97. The standard InChI is InChI=1S/C22H27N3O4/c1-16(26)23-19-6-4-5-17(13-19)22(27)25-11-9-24(10-12-25)15-18-14-20(28-2)7-8-21(18)29-3/h4-8,13-14H,9-12,15H2,1-3H3,(H,23,26). The van der Waals surface area contributed by atoms with E-state index in [2.05, 4.69) is 10.2 Å². The summed E-state index contributed by atoms with van der Waals surface area (Å²) in [5.74, 6) is 1.46. The normalized spacial score (nSPS) is 14.4. The zero-order valence-electron chi connectivity index (χ0n) is 17.1. The van der Waals surface area contributed by atoms with E-state index in [0.29, 0.717) is 24.3 Å². The van der Waals surface area contributed by atoms with Crippen molar-refractivity contribution in [1.29, 1.82) is 0 Å². The van der Waals surface area contributed by atoms with E-state index >= 15 is 0 Å².